The van der Waals surface area contributed by atoms with Gasteiger partial charge in [0, 0.05) is 12.2 Å². The molecule has 104 valence electrons. The second-order valence-electron chi connectivity index (χ2n) is 2.78. The molecule has 0 saturated carbocycles. The van der Waals surface area contributed by atoms with Crippen LogP contribution in [0, 0.1) is 0 Å². The summed E-state index contributed by atoms with van der Waals surface area (Å²) in [4.78, 5) is 22.4. The van der Waals surface area contributed by atoms with Crippen molar-refractivity contribution >= 4 is 108 Å². The normalized spacial score (nSPS) is 12.6. The monoisotopic (exact) mass is 640 g/mol. The maximum absolute atomic E-state index is 11.2. The van der Waals surface area contributed by atoms with E-state index in [9.17, 15) is 9.59 Å². The van der Waals surface area contributed by atoms with Gasteiger partial charge in [0.05, 0.1) is 0 Å². The van der Waals surface area contributed by atoms with Gasteiger partial charge in [-0.1, -0.05) is 95.6 Å². The molecule has 0 rings (SSSR count). The molecule has 0 heterocycles. The van der Waals surface area contributed by atoms with Gasteiger partial charge in [-0.3, -0.25) is 0 Å². The zero-order chi connectivity index (χ0) is 14.4. The van der Waals surface area contributed by atoms with Gasteiger partial charge in [0.2, 0.25) is 0 Å². The third-order valence-electron chi connectivity index (χ3n) is 1.11. The molecule has 18 heavy (non-hydrogen) atoms. The van der Waals surface area contributed by atoms with Gasteiger partial charge < -0.3 is 9.47 Å². The van der Waals surface area contributed by atoms with Crippen molar-refractivity contribution in [2.24, 2.45) is 0 Å². The quantitative estimate of drug-likeness (QED) is 0.260. The fraction of sp³-hybridized carbons (Fsp3) is 0.500. The number of alkyl halides is 6. The van der Waals surface area contributed by atoms with Crippen LogP contribution in [-0.4, -0.2) is 29.4 Å². The SMILES string of the molecule is O=C(/C=C/C(=O)OCC(Br)(Br)Br)OCC(Br)(Br)Br. The average molecular weight is 646 g/mol. The third kappa shape index (κ3) is 14.0. The summed E-state index contributed by atoms with van der Waals surface area (Å²) in [6.07, 6.45) is 1.97. The number of rotatable bonds is 4. The minimum absolute atomic E-state index is 0.0402. The fourth-order valence-corrected chi connectivity index (χ4v) is 1.22. The van der Waals surface area contributed by atoms with Crippen molar-refractivity contribution in [1.29, 1.82) is 0 Å². The Morgan fingerprint density at radius 2 is 1.06 bits per heavy atom. The molecule has 0 amide bonds. The first-order valence-electron chi connectivity index (χ1n) is 4.15. The van der Waals surface area contributed by atoms with E-state index in [0.29, 0.717) is 0 Å². The minimum atomic E-state index is -0.668. The van der Waals surface area contributed by atoms with Crippen molar-refractivity contribution in [2.45, 2.75) is 4.29 Å². The molecule has 0 fully saturated rings. The summed E-state index contributed by atoms with van der Waals surface area (Å²) in [5.74, 6) is -1.31. The predicted molar refractivity (Wildman–Crippen MR) is 90.1 cm³/mol. The standard InChI is InChI=1S/C8H6Br6O4/c9-7(10,11)3-17-5(15)1-2-6(16)18-4-8(12,13)14/h1-2H,3-4H2/b2-1+. The largest absolute Gasteiger partial charge is 0.459 e. The highest BCUT2D eigenvalue weighted by molar-refractivity contribution is 9.39. The third-order valence-corrected chi connectivity index (χ3v) is 2.49. The predicted octanol–water partition coefficient (Wildman–Crippen LogP) is 4.31. The summed E-state index contributed by atoms with van der Waals surface area (Å²) in [5, 5.41) is 0. The van der Waals surface area contributed by atoms with E-state index < -0.39 is 16.2 Å². The van der Waals surface area contributed by atoms with Crippen LogP contribution >= 0.6 is 95.6 Å². The van der Waals surface area contributed by atoms with Crippen molar-refractivity contribution in [3.05, 3.63) is 12.2 Å². The Morgan fingerprint density at radius 3 is 1.28 bits per heavy atom. The molecule has 0 spiro atoms. The first-order valence-corrected chi connectivity index (χ1v) is 8.90. The highest BCUT2D eigenvalue weighted by atomic mass is 80.0. The van der Waals surface area contributed by atoms with Crippen molar-refractivity contribution in [3.63, 3.8) is 0 Å². The lowest BCUT2D eigenvalue weighted by molar-refractivity contribution is -0.140. The summed E-state index contributed by atoms with van der Waals surface area (Å²) >= 11 is 19.0. The van der Waals surface area contributed by atoms with Gasteiger partial charge in [-0.25, -0.2) is 9.59 Å². The Balaban J connectivity index is 4.00. The first-order chi connectivity index (χ1) is 7.99. The topological polar surface area (TPSA) is 52.6 Å². The van der Waals surface area contributed by atoms with Crippen LogP contribution in [0.15, 0.2) is 12.2 Å². The van der Waals surface area contributed by atoms with Crippen molar-refractivity contribution in [3.8, 4) is 0 Å². The second kappa shape index (κ2) is 8.76. The smallest absolute Gasteiger partial charge is 0.331 e. The zero-order valence-corrected chi connectivity index (χ0v) is 18.0. The number of carbonyl (C=O) groups is 2. The Labute approximate surface area is 154 Å². The van der Waals surface area contributed by atoms with Crippen LogP contribution in [0.5, 0.6) is 0 Å². The molecule has 0 saturated heterocycles. The Hall–Kier alpha value is 1.56. The molecule has 4 nitrogen and oxygen atoms in total. The molecule has 0 aliphatic rings. The van der Waals surface area contributed by atoms with E-state index in [-0.39, 0.29) is 13.2 Å². The zero-order valence-electron chi connectivity index (χ0n) is 8.47. The van der Waals surface area contributed by atoms with Gasteiger partial charge in [-0.2, -0.15) is 0 Å². The van der Waals surface area contributed by atoms with Crippen LogP contribution in [0.4, 0.5) is 0 Å². The molecular weight excluding hydrogens is 640 g/mol. The summed E-state index contributed by atoms with van der Waals surface area (Å²) < 4.78 is 8.26. The minimum Gasteiger partial charge on any atom is -0.459 e. The Kier molecular flexibility index (Phi) is 9.52. The van der Waals surface area contributed by atoms with E-state index in [1.807, 2.05) is 0 Å². The highest BCUT2D eigenvalue weighted by Crippen LogP contribution is 2.34. The Morgan fingerprint density at radius 1 is 0.778 bits per heavy atom. The Bertz CT molecular complexity index is 297. The second-order valence-corrected chi connectivity index (χ2v) is 17.3. The van der Waals surface area contributed by atoms with E-state index >= 15 is 0 Å². The molecule has 0 radical (unpaired) electrons. The molecule has 0 aliphatic heterocycles. The van der Waals surface area contributed by atoms with E-state index in [1.54, 1.807) is 0 Å². The molecule has 0 atom stereocenters. The van der Waals surface area contributed by atoms with Crippen LogP contribution < -0.4 is 0 Å². The molecule has 0 aliphatic carbocycles. The van der Waals surface area contributed by atoms with Gasteiger partial charge in [0.25, 0.3) is 0 Å². The van der Waals surface area contributed by atoms with E-state index in [0.717, 1.165) is 12.2 Å². The van der Waals surface area contributed by atoms with Gasteiger partial charge in [-0.15, -0.1) is 0 Å². The summed E-state index contributed by atoms with van der Waals surface area (Å²) in [7, 11) is 0. The molecule has 0 aromatic rings. The van der Waals surface area contributed by atoms with Crippen LogP contribution in [-0.2, 0) is 19.1 Å². The van der Waals surface area contributed by atoms with Crippen LogP contribution in [0.3, 0.4) is 0 Å². The molecule has 0 N–H and O–H groups in total. The van der Waals surface area contributed by atoms with E-state index in [1.165, 1.54) is 0 Å². The van der Waals surface area contributed by atoms with Gasteiger partial charge in [0.15, 0.2) is 4.29 Å². The molecule has 0 bridgehead atoms. The number of hydrogen-bond acceptors (Lipinski definition) is 4. The number of hydrogen-bond donors (Lipinski definition) is 0. The lowest BCUT2D eigenvalue weighted by Gasteiger charge is -2.11. The van der Waals surface area contributed by atoms with Crippen molar-refractivity contribution in [2.75, 3.05) is 13.2 Å². The van der Waals surface area contributed by atoms with Crippen molar-refractivity contribution in [1.82, 2.24) is 0 Å². The fourth-order valence-electron chi connectivity index (χ4n) is 0.538. The van der Waals surface area contributed by atoms with Gasteiger partial charge in [0.1, 0.15) is 13.2 Å². The molecular formula is C8H6Br6O4. The van der Waals surface area contributed by atoms with E-state index in [2.05, 4.69) is 95.6 Å². The molecule has 10 heteroatoms. The molecule has 0 aromatic carbocycles. The summed E-state index contributed by atoms with van der Waals surface area (Å²) in [6, 6.07) is 0. The molecule has 0 unspecified atom stereocenters. The lowest BCUT2D eigenvalue weighted by Crippen LogP contribution is -2.16. The number of ether oxygens (including phenoxy) is 2. The maximum atomic E-state index is 11.2. The number of carbonyl (C=O) groups excluding carboxylic acids is 2. The van der Waals surface area contributed by atoms with Gasteiger partial charge in [-0.05, 0) is 0 Å². The highest BCUT2D eigenvalue weighted by Gasteiger charge is 2.20. The maximum Gasteiger partial charge on any atom is 0.331 e. The molecule has 0 aromatic heterocycles. The lowest BCUT2D eigenvalue weighted by atomic mass is 10.5. The van der Waals surface area contributed by atoms with Gasteiger partial charge >= 0.3 is 11.9 Å². The van der Waals surface area contributed by atoms with Crippen molar-refractivity contribution < 1.29 is 19.1 Å². The number of halogens is 6. The van der Waals surface area contributed by atoms with Crippen LogP contribution in [0.2, 0.25) is 0 Å². The number of esters is 2. The van der Waals surface area contributed by atoms with Crippen LogP contribution in [0.1, 0.15) is 0 Å². The average Bonchev–Trinajstić information content (AvgIpc) is 2.18. The first kappa shape index (κ1) is 19.6. The van der Waals surface area contributed by atoms with Crippen LogP contribution in [0.25, 0.3) is 0 Å². The van der Waals surface area contributed by atoms with E-state index in [4.69, 9.17) is 9.47 Å². The summed E-state index contributed by atoms with van der Waals surface area (Å²) in [5.41, 5.74) is 0. The summed E-state index contributed by atoms with van der Waals surface area (Å²) in [6.45, 7) is 0.0804.